The summed E-state index contributed by atoms with van der Waals surface area (Å²) in [5, 5.41) is 8.81. The number of nitrogens with zero attached hydrogens (tertiary/aromatic N) is 1. The molecule has 0 aliphatic heterocycles. The van der Waals surface area contributed by atoms with E-state index in [1.54, 1.807) is 12.3 Å². The summed E-state index contributed by atoms with van der Waals surface area (Å²) in [6.07, 6.45) is 3.55. The minimum absolute atomic E-state index is 0.321. The lowest BCUT2D eigenvalue weighted by Crippen LogP contribution is -2.03. The average Bonchev–Trinajstić information content (AvgIpc) is 2.20. The van der Waals surface area contributed by atoms with Crippen LogP contribution in [0.4, 0.5) is 0 Å². The van der Waals surface area contributed by atoms with Gasteiger partial charge in [-0.2, -0.15) is 0 Å². The van der Waals surface area contributed by atoms with E-state index in [1.165, 1.54) is 6.07 Å². The average molecular weight is 193 g/mol. The second-order valence-electron chi connectivity index (χ2n) is 3.29. The largest absolute Gasteiger partial charge is 0.478 e. The molecule has 0 aliphatic rings. The van der Waals surface area contributed by atoms with Gasteiger partial charge in [-0.3, -0.25) is 4.98 Å². The SMILES string of the molecule is CCC(CC)c1cc(C(=O)O)ccn1. The molecule has 0 atom stereocenters. The Labute approximate surface area is 83.8 Å². The van der Waals surface area contributed by atoms with Gasteiger partial charge in [0.1, 0.15) is 0 Å². The normalized spacial score (nSPS) is 10.5. The monoisotopic (exact) mass is 193 g/mol. The summed E-state index contributed by atoms with van der Waals surface area (Å²) in [5.74, 6) is -0.520. The van der Waals surface area contributed by atoms with Crippen molar-refractivity contribution in [2.24, 2.45) is 0 Å². The maximum atomic E-state index is 10.7. The van der Waals surface area contributed by atoms with E-state index in [-0.39, 0.29) is 0 Å². The molecule has 0 aromatic carbocycles. The number of hydrogen-bond donors (Lipinski definition) is 1. The molecule has 0 saturated heterocycles. The van der Waals surface area contributed by atoms with E-state index in [0.29, 0.717) is 11.5 Å². The van der Waals surface area contributed by atoms with Gasteiger partial charge < -0.3 is 5.11 Å². The van der Waals surface area contributed by atoms with Crippen molar-refractivity contribution >= 4 is 5.97 Å². The zero-order valence-corrected chi connectivity index (χ0v) is 8.53. The molecule has 1 aromatic rings. The smallest absolute Gasteiger partial charge is 0.335 e. The maximum absolute atomic E-state index is 10.7. The molecule has 3 heteroatoms. The van der Waals surface area contributed by atoms with E-state index >= 15 is 0 Å². The lowest BCUT2D eigenvalue weighted by Gasteiger charge is -2.11. The number of carboxylic acid groups (broad SMARTS) is 1. The number of pyridine rings is 1. The third kappa shape index (κ3) is 2.31. The van der Waals surface area contributed by atoms with Gasteiger partial charge in [-0.25, -0.2) is 4.79 Å². The van der Waals surface area contributed by atoms with Gasteiger partial charge in [0.05, 0.1) is 5.56 Å². The fourth-order valence-corrected chi connectivity index (χ4v) is 1.51. The molecule has 1 rings (SSSR count). The fourth-order valence-electron chi connectivity index (χ4n) is 1.51. The number of carbonyl (C=O) groups is 1. The second-order valence-corrected chi connectivity index (χ2v) is 3.29. The van der Waals surface area contributed by atoms with Gasteiger partial charge in [0, 0.05) is 17.8 Å². The molecule has 0 amide bonds. The summed E-state index contributed by atoms with van der Waals surface area (Å²) in [7, 11) is 0. The van der Waals surface area contributed by atoms with Crippen LogP contribution in [0.15, 0.2) is 18.3 Å². The molecule has 0 spiro atoms. The van der Waals surface area contributed by atoms with Crippen LogP contribution in [0.1, 0.15) is 48.7 Å². The van der Waals surface area contributed by atoms with Crippen molar-refractivity contribution in [1.82, 2.24) is 4.98 Å². The zero-order chi connectivity index (χ0) is 10.6. The van der Waals surface area contributed by atoms with Crippen LogP contribution in [0.5, 0.6) is 0 Å². The predicted octanol–water partition coefficient (Wildman–Crippen LogP) is 2.68. The Bertz CT molecular complexity index is 319. The first-order chi connectivity index (χ1) is 6.69. The molecule has 0 radical (unpaired) electrons. The van der Waals surface area contributed by atoms with Gasteiger partial charge in [0.2, 0.25) is 0 Å². The minimum Gasteiger partial charge on any atom is -0.478 e. The van der Waals surface area contributed by atoms with Gasteiger partial charge in [0.15, 0.2) is 0 Å². The lowest BCUT2D eigenvalue weighted by molar-refractivity contribution is 0.0696. The molecular weight excluding hydrogens is 178 g/mol. The van der Waals surface area contributed by atoms with Crippen LogP contribution in [-0.4, -0.2) is 16.1 Å². The first-order valence-electron chi connectivity index (χ1n) is 4.88. The number of carboxylic acids is 1. The first kappa shape index (κ1) is 10.7. The summed E-state index contributed by atoms with van der Waals surface area (Å²) >= 11 is 0. The van der Waals surface area contributed by atoms with Crippen molar-refractivity contribution < 1.29 is 9.90 Å². The number of hydrogen-bond acceptors (Lipinski definition) is 2. The Morgan fingerprint density at radius 2 is 2.14 bits per heavy atom. The zero-order valence-electron chi connectivity index (χ0n) is 8.53. The fraction of sp³-hybridized carbons (Fsp3) is 0.455. The highest BCUT2D eigenvalue weighted by Gasteiger charge is 2.10. The molecule has 1 heterocycles. The van der Waals surface area contributed by atoms with Crippen molar-refractivity contribution in [1.29, 1.82) is 0 Å². The minimum atomic E-state index is -0.889. The first-order valence-corrected chi connectivity index (χ1v) is 4.88. The quantitative estimate of drug-likeness (QED) is 0.799. The van der Waals surface area contributed by atoms with Crippen LogP contribution < -0.4 is 0 Å². The summed E-state index contributed by atoms with van der Waals surface area (Å²) in [6, 6.07) is 3.19. The Balaban J connectivity index is 2.98. The number of aromatic carboxylic acids is 1. The number of aromatic nitrogens is 1. The Morgan fingerprint density at radius 1 is 1.50 bits per heavy atom. The summed E-state index contributed by atoms with van der Waals surface area (Å²) in [4.78, 5) is 14.9. The molecule has 1 aromatic heterocycles. The molecule has 0 unspecified atom stereocenters. The van der Waals surface area contributed by atoms with Crippen LogP contribution >= 0.6 is 0 Å². The molecule has 3 nitrogen and oxygen atoms in total. The van der Waals surface area contributed by atoms with Crippen LogP contribution in [0.25, 0.3) is 0 Å². The molecule has 1 N–H and O–H groups in total. The summed E-state index contributed by atoms with van der Waals surface area (Å²) in [5.41, 5.74) is 1.21. The van der Waals surface area contributed by atoms with E-state index in [4.69, 9.17) is 5.11 Å². The lowest BCUT2D eigenvalue weighted by atomic mass is 9.98. The van der Waals surface area contributed by atoms with Crippen LogP contribution in [0.2, 0.25) is 0 Å². The molecule has 0 fully saturated rings. The third-order valence-electron chi connectivity index (χ3n) is 2.43. The summed E-state index contributed by atoms with van der Waals surface area (Å²) < 4.78 is 0. The molecule has 76 valence electrons. The Hall–Kier alpha value is -1.38. The maximum Gasteiger partial charge on any atom is 0.335 e. The standard InChI is InChI=1S/C11H15NO2/c1-3-8(4-2)10-7-9(11(13)14)5-6-12-10/h5-8H,3-4H2,1-2H3,(H,13,14). The highest BCUT2D eigenvalue weighted by molar-refractivity contribution is 5.87. The molecule has 0 bridgehead atoms. The van der Waals surface area contributed by atoms with Gasteiger partial charge in [0.25, 0.3) is 0 Å². The van der Waals surface area contributed by atoms with Gasteiger partial charge >= 0.3 is 5.97 Å². The second kappa shape index (κ2) is 4.74. The Kier molecular flexibility index (Phi) is 3.63. The van der Waals surface area contributed by atoms with Crippen LogP contribution in [-0.2, 0) is 0 Å². The van der Waals surface area contributed by atoms with Crippen molar-refractivity contribution in [3.63, 3.8) is 0 Å². The third-order valence-corrected chi connectivity index (χ3v) is 2.43. The van der Waals surface area contributed by atoms with Crippen molar-refractivity contribution in [3.05, 3.63) is 29.6 Å². The summed E-state index contributed by atoms with van der Waals surface area (Å²) in [6.45, 7) is 4.17. The van der Waals surface area contributed by atoms with E-state index < -0.39 is 5.97 Å². The molecular formula is C11H15NO2. The molecule has 0 saturated carbocycles. The number of rotatable bonds is 4. The van der Waals surface area contributed by atoms with E-state index in [9.17, 15) is 4.79 Å². The van der Waals surface area contributed by atoms with Crippen LogP contribution in [0, 0.1) is 0 Å². The van der Waals surface area contributed by atoms with Crippen LogP contribution in [0.3, 0.4) is 0 Å². The van der Waals surface area contributed by atoms with Gasteiger partial charge in [-0.05, 0) is 25.0 Å². The van der Waals surface area contributed by atoms with Gasteiger partial charge in [-0.1, -0.05) is 13.8 Å². The van der Waals surface area contributed by atoms with Crippen molar-refractivity contribution in [2.45, 2.75) is 32.6 Å². The van der Waals surface area contributed by atoms with E-state index in [0.717, 1.165) is 18.5 Å². The van der Waals surface area contributed by atoms with Crippen molar-refractivity contribution in [2.75, 3.05) is 0 Å². The van der Waals surface area contributed by atoms with Crippen molar-refractivity contribution in [3.8, 4) is 0 Å². The highest BCUT2D eigenvalue weighted by Crippen LogP contribution is 2.21. The van der Waals surface area contributed by atoms with Gasteiger partial charge in [-0.15, -0.1) is 0 Å². The van der Waals surface area contributed by atoms with E-state index in [2.05, 4.69) is 18.8 Å². The Morgan fingerprint density at radius 3 is 2.64 bits per heavy atom. The molecule has 14 heavy (non-hydrogen) atoms. The van der Waals surface area contributed by atoms with E-state index in [1.807, 2.05) is 0 Å². The molecule has 0 aliphatic carbocycles. The highest BCUT2D eigenvalue weighted by atomic mass is 16.4. The topological polar surface area (TPSA) is 50.2 Å². The predicted molar refractivity (Wildman–Crippen MR) is 54.5 cm³/mol.